The highest BCUT2D eigenvalue weighted by molar-refractivity contribution is 7.15. The van der Waals surface area contributed by atoms with Crippen molar-refractivity contribution in [2.24, 2.45) is 0 Å². The second-order valence-corrected chi connectivity index (χ2v) is 9.08. The molecule has 1 aliphatic heterocycles. The average Bonchev–Trinajstić information content (AvgIpc) is 3.26. The Hall–Kier alpha value is -2.09. The second-order valence-electron chi connectivity index (χ2n) is 7.04. The molecule has 0 atom stereocenters. The molecular formula is C20H22N4OS2. The van der Waals surface area contributed by atoms with Gasteiger partial charge in [-0.15, -0.1) is 22.7 Å². The van der Waals surface area contributed by atoms with Crippen LogP contribution in [0.2, 0.25) is 0 Å². The van der Waals surface area contributed by atoms with Gasteiger partial charge >= 0.3 is 0 Å². The van der Waals surface area contributed by atoms with Crippen LogP contribution in [-0.4, -0.2) is 39.9 Å². The summed E-state index contributed by atoms with van der Waals surface area (Å²) in [7, 11) is 0. The summed E-state index contributed by atoms with van der Waals surface area (Å²) in [6.07, 6.45) is 4.00. The molecule has 140 valence electrons. The monoisotopic (exact) mass is 398 g/mol. The van der Waals surface area contributed by atoms with Crippen molar-refractivity contribution in [1.82, 2.24) is 14.9 Å². The molecule has 3 heterocycles. The Balaban J connectivity index is 1.36. The van der Waals surface area contributed by atoms with Crippen molar-refractivity contribution in [2.75, 3.05) is 18.4 Å². The summed E-state index contributed by atoms with van der Waals surface area (Å²) in [5, 5.41) is 6.86. The van der Waals surface area contributed by atoms with E-state index in [4.69, 9.17) is 0 Å². The van der Waals surface area contributed by atoms with E-state index < -0.39 is 0 Å². The number of aromatic nitrogens is 2. The number of carbonyl (C=O) groups excluding carboxylic acids is 1. The summed E-state index contributed by atoms with van der Waals surface area (Å²) in [5.74, 6) is 0.521. The van der Waals surface area contributed by atoms with Crippen molar-refractivity contribution in [2.45, 2.75) is 32.2 Å². The lowest BCUT2D eigenvalue weighted by Gasteiger charge is -2.41. The van der Waals surface area contributed by atoms with E-state index in [1.165, 1.54) is 21.2 Å². The molecule has 1 saturated heterocycles. The van der Waals surface area contributed by atoms with Gasteiger partial charge in [0.15, 0.2) is 0 Å². The smallest absolute Gasteiger partial charge is 0.231 e. The SMILES string of the molecule is CC(C)N1CC(c2ncc(-c3ccc(NC(=O)Cc4nccs4)cc3)s2)C1. The molecule has 1 amide bonds. The van der Waals surface area contributed by atoms with Crippen molar-refractivity contribution in [3.8, 4) is 10.4 Å². The molecule has 0 unspecified atom stereocenters. The highest BCUT2D eigenvalue weighted by Gasteiger charge is 2.31. The number of carbonyl (C=O) groups is 1. The van der Waals surface area contributed by atoms with E-state index >= 15 is 0 Å². The van der Waals surface area contributed by atoms with Crippen molar-refractivity contribution in [3.05, 3.63) is 52.1 Å². The molecule has 3 aromatic rings. The Morgan fingerprint density at radius 3 is 2.70 bits per heavy atom. The highest BCUT2D eigenvalue weighted by atomic mass is 32.1. The van der Waals surface area contributed by atoms with E-state index in [9.17, 15) is 4.79 Å². The molecule has 1 aliphatic rings. The number of anilines is 1. The number of nitrogens with zero attached hydrogens (tertiary/aromatic N) is 3. The molecule has 5 nitrogen and oxygen atoms in total. The van der Waals surface area contributed by atoms with Gasteiger partial charge in [0.2, 0.25) is 5.91 Å². The number of likely N-dealkylation sites (tertiary alicyclic amines) is 1. The zero-order valence-electron chi connectivity index (χ0n) is 15.4. The largest absolute Gasteiger partial charge is 0.326 e. The van der Waals surface area contributed by atoms with Crippen LogP contribution in [0.15, 0.2) is 42.0 Å². The van der Waals surface area contributed by atoms with Gasteiger partial charge in [-0.1, -0.05) is 12.1 Å². The molecule has 0 radical (unpaired) electrons. The number of hydrogen-bond donors (Lipinski definition) is 1. The molecule has 1 N–H and O–H groups in total. The molecule has 2 aromatic heterocycles. The zero-order valence-corrected chi connectivity index (χ0v) is 17.0. The van der Waals surface area contributed by atoms with Crippen LogP contribution in [0.5, 0.6) is 0 Å². The quantitative estimate of drug-likeness (QED) is 0.674. The summed E-state index contributed by atoms with van der Waals surface area (Å²) in [4.78, 5) is 24.5. The third-order valence-electron chi connectivity index (χ3n) is 4.76. The lowest BCUT2D eigenvalue weighted by Crippen LogP contribution is -2.48. The van der Waals surface area contributed by atoms with Crippen molar-refractivity contribution < 1.29 is 4.79 Å². The minimum Gasteiger partial charge on any atom is -0.326 e. The molecule has 1 aromatic carbocycles. The van der Waals surface area contributed by atoms with Crippen molar-refractivity contribution >= 4 is 34.3 Å². The fraction of sp³-hybridized carbons (Fsp3) is 0.350. The average molecular weight is 399 g/mol. The summed E-state index contributed by atoms with van der Waals surface area (Å²) >= 11 is 3.27. The lowest BCUT2D eigenvalue weighted by atomic mass is 9.99. The predicted molar refractivity (Wildman–Crippen MR) is 111 cm³/mol. The van der Waals surface area contributed by atoms with Crippen LogP contribution < -0.4 is 5.32 Å². The Kier molecular flexibility index (Phi) is 5.33. The maximum Gasteiger partial charge on any atom is 0.231 e. The van der Waals surface area contributed by atoms with Gasteiger partial charge in [-0.2, -0.15) is 0 Å². The van der Waals surface area contributed by atoms with Gasteiger partial charge in [-0.05, 0) is 31.5 Å². The number of hydrogen-bond acceptors (Lipinski definition) is 6. The van der Waals surface area contributed by atoms with E-state index in [1.807, 2.05) is 35.8 Å². The Morgan fingerprint density at radius 1 is 1.26 bits per heavy atom. The van der Waals surface area contributed by atoms with E-state index in [2.05, 4.69) is 34.0 Å². The van der Waals surface area contributed by atoms with Crippen molar-refractivity contribution in [1.29, 1.82) is 0 Å². The van der Waals surface area contributed by atoms with Crippen LogP contribution in [0.3, 0.4) is 0 Å². The molecule has 0 aliphatic carbocycles. The second kappa shape index (κ2) is 7.88. The third kappa shape index (κ3) is 4.26. The lowest BCUT2D eigenvalue weighted by molar-refractivity contribution is -0.115. The van der Waals surface area contributed by atoms with Gasteiger partial charge in [0.25, 0.3) is 0 Å². The van der Waals surface area contributed by atoms with Gasteiger partial charge in [0, 0.05) is 48.5 Å². The highest BCUT2D eigenvalue weighted by Crippen LogP contribution is 2.35. The van der Waals surface area contributed by atoms with E-state index in [0.717, 1.165) is 29.3 Å². The molecule has 1 fully saturated rings. The molecular weight excluding hydrogens is 376 g/mol. The fourth-order valence-corrected chi connectivity index (χ4v) is 4.72. The molecule has 0 saturated carbocycles. The predicted octanol–water partition coefficient (Wildman–Crippen LogP) is 4.26. The first-order chi connectivity index (χ1) is 13.1. The van der Waals surface area contributed by atoms with Gasteiger partial charge in [-0.3, -0.25) is 9.69 Å². The third-order valence-corrected chi connectivity index (χ3v) is 6.75. The van der Waals surface area contributed by atoms with Crippen molar-refractivity contribution in [3.63, 3.8) is 0 Å². The minimum absolute atomic E-state index is 0.0440. The minimum atomic E-state index is -0.0440. The van der Waals surface area contributed by atoms with Gasteiger partial charge in [0.1, 0.15) is 5.01 Å². The topological polar surface area (TPSA) is 58.1 Å². The van der Waals surface area contributed by atoms with Crippen LogP contribution in [0.4, 0.5) is 5.69 Å². The van der Waals surface area contributed by atoms with Gasteiger partial charge in [-0.25, -0.2) is 9.97 Å². The van der Waals surface area contributed by atoms with Crippen LogP contribution >= 0.6 is 22.7 Å². The van der Waals surface area contributed by atoms with E-state index in [1.54, 1.807) is 17.5 Å². The summed E-state index contributed by atoms with van der Waals surface area (Å²) in [6.45, 7) is 6.69. The number of amides is 1. The van der Waals surface area contributed by atoms with Gasteiger partial charge in [0.05, 0.1) is 16.3 Å². The Morgan fingerprint density at radius 2 is 2.04 bits per heavy atom. The zero-order chi connectivity index (χ0) is 18.8. The maximum atomic E-state index is 12.1. The number of rotatable bonds is 6. The summed E-state index contributed by atoms with van der Waals surface area (Å²) in [6, 6.07) is 8.57. The van der Waals surface area contributed by atoms with Crippen LogP contribution in [0.25, 0.3) is 10.4 Å². The number of benzene rings is 1. The summed E-state index contributed by atoms with van der Waals surface area (Å²) in [5.41, 5.74) is 1.94. The molecule has 0 bridgehead atoms. The first kappa shape index (κ1) is 18.3. The number of thiazole rings is 2. The van der Waals surface area contributed by atoms with Crippen LogP contribution in [-0.2, 0) is 11.2 Å². The van der Waals surface area contributed by atoms with Crippen LogP contribution in [0, 0.1) is 0 Å². The van der Waals surface area contributed by atoms with E-state index in [0.29, 0.717) is 18.4 Å². The standard InChI is InChI=1S/C20H22N4OS2/c1-13(2)24-11-15(12-24)20-22-10-17(27-20)14-3-5-16(6-4-14)23-18(25)9-19-21-7-8-26-19/h3-8,10,13,15H,9,11-12H2,1-2H3,(H,23,25). The molecule has 27 heavy (non-hydrogen) atoms. The Labute approximate surface area is 167 Å². The first-order valence-electron chi connectivity index (χ1n) is 9.07. The molecule has 7 heteroatoms. The fourth-order valence-electron chi connectivity index (χ4n) is 3.10. The molecule has 0 spiro atoms. The van der Waals surface area contributed by atoms with Crippen LogP contribution in [0.1, 0.15) is 29.8 Å². The number of nitrogens with one attached hydrogen (secondary N) is 1. The first-order valence-corrected chi connectivity index (χ1v) is 10.8. The Bertz CT molecular complexity index is 896. The molecule has 4 rings (SSSR count). The maximum absolute atomic E-state index is 12.1. The van der Waals surface area contributed by atoms with E-state index in [-0.39, 0.29) is 5.91 Å². The van der Waals surface area contributed by atoms with Gasteiger partial charge < -0.3 is 5.32 Å². The normalized spacial score (nSPS) is 15.1. The summed E-state index contributed by atoms with van der Waals surface area (Å²) < 4.78 is 0.